The van der Waals surface area contributed by atoms with Gasteiger partial charge in [-0.3, -0.25) is 14.6 Å². The normalized spacial score (nSPS) is 17.4. The van der Waals surface area contributed by atoms with Crippen LogP contribution < -0.4 is 4.74 Å². The number of aryl methyl sites for hydroxylation is 2. The van der Waals surface area contributed by atoms with Crippen LogP contribution in [0.25, 0.3) is 0 Å². The van der Waals surface area contributed by atoms with E-state index >= 15 is 0 Å². The fourth-order valence-corrected chi connectivity index (χ4v) is 4.37. The van der Waals surface area contributed by atoms with E-state index in [0.29, 0.717) is 5.92 Å². The lowest BCUT2D eigenvalue weighted by molar-refractivity contribution is 0.194. The van der Waals surface area contributed by atoms with E-state index < -0.39 is 0 Å². The first kappa shape index (κ1) is 19.6. The molecule has 1 aliphatic heterocycles. The maximum Gasteiger partial charge on any atom is 0.122 e. The second-order valence-corrected chi connectivity index (χ2v) is 8.05. The molecule has 1 aromatic carbocycles. The molecular weight excluding hydrogens is 360 g/mol. The van der Waals surface area contributed by atoms with Gasteiger partial charge in [0.25, 0.3) is 0 Å². The highest BCUT2D eigenvalue weighted by molar-refractivity contribution is 5.38. The van der Waals surface area contributed by atoms with Gasteiger partial charge in [-0.25, -0.2) is 0 Å². The molecule has 1 atom stereocenters. The number of methoxy groups -OCH3 is 1. The van der Waals surface area contributed by atoms with Gasteiger partial charge in [-0.1, -0.05) is 18.2 Å². The molecule has 1 saturated heterocycles. The first-order chi connectivity index (χ1) is 14.1. The van der Waals surface area contributed by atoms with Crippen molar-refractivity contribution in [1.82, 2.24) is 19.7 Å². The Hall–Kier alpha value is -2.66. The van der Waals surface area contributed by atoms with Gasteiger partial charge in [-0.05, 0) is 61.7 Å². The molecule has 0 radical (unpaired) electrons. The number of nitrogens with zero attached hydrogens (tertiary/aromatic N) is 4. The Bertz CT molecular complexity index is 965. The lowest BCUT2D eigenvalue weighted by Gasteiger charge is -2.32. The predicted molar refractivity (Wildman–Crippen MR) is 115 cm³/mol. The highest BCUT2D eigenvalue weighted by Crippen LogP contribution is 2.29. The van der Waals surface area contributed by atoms with E-state index in [1.54, 1.807) is 7.11 Å². The largest absolute Gasteiger partial charge is 0.496 e. The summed E-state index contributed by atoms with van der Waals surface area (Å²) in [4.78, 5) is 7.45. The summed E-state index contributed by atoms with van der Waals surface area (Å²) < 4.78 is 7.51. The highest BCUT2D eigenvalue weighted by Gasteiger charge is 2.23. The zero-order valence-electron chi connectivity index (χ0n) is 17.6. The number of para-hydroxylation sites is 1. The van der Waals surface area contributed by atoms with Crippen molar-refractivity contribution >= 4 is 0 Å². The van der Waals surface area contributed by atoms with Gasteiger partial charge in [0.05, 0.1) is 12.8 Å². The number of hydrogen-bond acceptors (Lipinski definition) is 4. The van der Waals surface area contributed by atoms with Crippen LogP contribution in [-0.4, -0.2) is 39.9 Å². The molecule has 1 aliphatic rings. The van der Waals surface area contributed by atoms with E-state index in [0.717, 1.165) is 37.5 Å². The Morgan fingerprint density at radius 2 is 2.03 bits per heavy atom. The summed E-state index contributed by atoms with van der Waals surface area (Å²) >= 11 is 0. The van der Waals surface area contributed by atoms with Crippen molar-refractivity contribution < 1.29 is 4.74 Å². The number of rotatable bonds is 6. The minimum Gasteiger partial charge on any atom is -0.496 e. The van der Waals surface area contributed by atoms with Crippen LogP contribution in [0.4, 0.5) is 0 Å². The smallest absolute Gasteiger partial charge is 0.122 e. The number of pyridine rings is 1. The Balaban J connectivity index is 1.51. The number of piperidine rings is 1. The molecule has 4 rings (SSSR count). The molecule has 152 valence electrons. The van der Waals surface area contributed by atoms with Gasteiger partial charge in [0.15, 0.2) is 0 Å². The van der Waals surface area contributed by atoms with Crippen molar-refractivity contribution in [2.75, 3.05) is 20.2 Å². The third-order valence-corrected chi connectivity index (χ3v) is 5.85. The Morgan fingerprint density at radius 3 is 2.83 bits per heavy atom. The molecule has 3 aromatic rings. The summed E-state index contributed by atoms with van der Waals surface area (Å²) in [6, 6.07) is 14.9. The fourth-order valence-electron chi connectivity index (χ4n) is 4.37. The molecule has 3 heterocycles. The Kier molecular flexibility index (Phi) is 5.95. The van der Waals surface area contributed by atoms with Crippen molar-refractivity contribution in [1.29, 1.82) is 0 Å². The summed E-state index contributed by atoms with van der Waals surface area (Å²) in [5.41, 5.74) is 6.11. The molecule has 0 spiro atoms. The number of aromatic nitrogens is 3. The average Bonchev–Trinajstić information content (AvgIpc) is 3.12. The first-order valence-electron chi connectivity index (χ1n) is 10.4. The number of ether oxygens (including phenoxy) is 1. The van der Waals surface area contributed by atoms with Crippen LogP contribution in [0.1, 0.15) is 47.0 Å². The lowest BCUT2D eigenvalue weighted by atomic mass is 9.92. The molecule has 2 aromatic heterocycles. The Labute approximate surface area is 173 Å². The van der Waals surface area contributed by atoms with Crippen molar-refractivity contribution in [2.45, 2.75) is 38.6 Å². The number of hydrogen-bond donors (Lipinski definition) is 0. The molecule has 0 saturated carbocycles. The standard InChI is InChI=1S/C24H30N4O/c1-18-13-19(14-20-7-4-5-9-24(20)29-3)15-23(26-18)21-8-6-12-28(16-21)17-22-10-11-25-27(22)2/h4-5,7,9-11,13,15,21H,6,8,12,14,16-17H2,1-3H3. The zero-order chi connectivity index (χ0) is 20.2. The number of benzene rings is 1. The quantitative estimate of drug-likeness (QED) is 0.635. The summed E-state index contributed by atoms with van der Waals surface area (Å²) in [6.45, 7) is 5.25. The molecule has 0 amide bonds. The minimum absolute atomic E-state index is 0.480. The van der Waals surface area contributed by atoms with Crippen molar-refractivity contribution in [3.05, 3.63) is 76.9 Å². The van der Waals surface area contributed by atoms with Gasteiger partial charge in [0.2, 0.25) is 0 Å². The van der Waals surface area contributed by atoms with E-state index in [9.17, 15) is 0 Å². The van der Waals surface area contributed by atoms with Gasteiger partial charge < -0.3 is 4.74 Å². The van der Waals surface area contributed by atoms with E-state index in [2.05, 4.69) is 47.3 Å². The maximum absolute atomic E-state index is 5.54. The monoisotopic (exact) mass is 390 g/mol. The zero-order valence-corrected chi connectivity index (χ0v) is 17.6. The minimum atomic E-state index is 0.480. The number of likely N-dealkylation sites (tertiary alicyclic amines) is 1. The third kappa shape index (κ3) is 4.67. The molecule has 0 aliphatic carbocycles. The van der Waals surface area contributed by atoms with Crippen LogP contribution in [0.15, 0.2) is 48.7 Å². The summed E-state index contributed by atoms with van der Waals surface area (Å²) in [6.07, 6.45) is 5.15. The van der Waals surface area contributed by atoms with Crippen LogP contribution >= 0.6 is 0 Å². The van der Waals surface area contributed by atoms with Crippen LogP contribution in [0, 0.1) is 6.92 Å². The topological polar surface area (TPSA) is 43.2 Å². The van der Waals surface area contributed by atoms with E-state index in [4.69, 9.17) is 9.72 Å². The van der Waals surface area contributed by atoms with E-state index in [1.165, 1.54) is 35.4 Å². The molecule has 1 fully saturated rings. The van der Waals surface area contributed by atoms with Gasteiger partial charge in [0, 0.05) is 50.1 Å². The molecule has 0 N–H and O–H groups in total. The van der Waals surface area contributed by atoms with Gasteiger partial charge in [-0.2, -0.15) is 5.10 Å². The van der Waals surface area contributed by atoms with Crippen LogP contribution in [0.5, 0.6) is 5.75 Å². The van der Waals surface area contributed by atoms with Crippen molar-refractivity contribution in [2.24, 2.45) is 7.05 Å². The van der Waals surface area contributed by atoms with Crippen LogP contribution in [0.3, 0.4) is 0 Å². The van der Waals surface area contributed by atoms with Crippen molar-refractivity contribution in [3.63, 3.8) is 0 Å². The van der Waals surface area contributed by atoms with Gasteiger partial charge >= 0.3 is 0 Å². The maximum atomic E-state index is 5.54. The Morgan fingerprint density at radius 1 is 1.17 bits per heavy atom. The van der Waals surface area contributed by atoms with E-state index in [-0.39, 0.29) is 0 Å². The fraction of sp³-hybridized carbons (Fsp3) is 0.417. The van der Waals surface area contributed by atoms with Gasteiger partial charge in [-0.15, -0.1) is 0 Å². The molecule has 29 heavy (non-hydrogen) atoms. The first-order valence-corrected chi connectivity index (χ1v) is 10.4. The lowest BCUT2D eigenvalue weighted by Crippen LogP contribution is -2.34. The second kappa shape index (κ2) is 8.78. The summed E-state index contributed by atoms with van der Waals surface area (Å²) in [7, 11) is 3.75. The molecular formula is C24H30N4O. The van der Waals surface area contributed by atoms with Gasteiger partial charge in [0.1, 0.15) is 5.75 Å². The molecule has 1 unspecified atom stereocenters. The SMILES string of the molecule is COc1ccccc1Cc1cc(C)nc(C2CCCN(Cc3ccnn3C)C2)c1. The average molecular weight is 391 g/mol. The van der Waals surface area contributed by atoms with Crippen LogP contribution in [0.2, 0.25) is 0 Å². The highest BCUT2D eigenvalue weighted by atomic mass is 16.5. The second-order valence-electron chi connectivity index (χ2n) is 8.05. The van der Waals surface area contributed by atoms with Crippen molar-refractivity contribution in [3.8, 4) is 5.75 Å². The molecule has 0 bridgehead atoms. The summed E-state index contributed by atoms with van der Waals surface area (Å²) in [5, 5.41) is 4.30. The predicted octanol–water partition coefficient (Wildman–Crippen LogP) is 4.10. The third-order valence-electron chi connectivity index (χ3n) is 5.85. The summed E-state index contributed by atoms with van der Waals surface area (Å²) in [5.74, 6) is 1.43. The van der Waals surface area contributed by atoms with E-state index in [1.807, 2.05) is 30.1 Å². The molecule has 5 nitrogen and oxygen atoms in total. The molecule has 5 heteroatoms. The van der Waals surface area contributed by atoms with Crippen LogP contribution in [-0.2, 0) is 20.0 Å².